The van der Waals surface area contributed by atoms with Gasteiger partial charge < -0.3 is 10.6 Å². The topological polar surface area (TPSA) is 29.3 Å². The first-order chi connectivity index (χ1) is 7.38. The summed E-state index contributed by atoms with van der Waals surface area (Å²) in [5.74, 6) is 0. The normalized spacial score (nSPS) is 23.2. The summed E-state index contributed by atoms with van der Waals surface area (Å²) in [7, 11) is 0. The van der Waals surface area contributed by atoms with Crippen LogP contribution in [0.2, 0.25) is 0 Å². The van der Waals surface area contributed by atoms with Crippen molar-refractivity contribution in [2.45, 2.75) is 64.3 Å². The molecule has 1 saturated heterocycles. The fourth-order valence-corrected chi connectivity index (χ4v) is 2.65. The largest absolute Gasteiger partial charge is 0.330 e. The van der Waals surface area contributed by atoms with Crippen LogP contribution >= 0.6 is 0 Å². The highest BCUT2D eigenvalue weighted by atomic mass is 15.2. The Morgan fingerprint density at radius 2 is 2.07 bits per heavy atom. The maximum atomic E-state index is 5.51. The molecule has 2 N–H and O–H groups in total. The molecule has 0 saturated carbocycles. The van der Waals surface area contributed by atoms with Crippen molar-refractivity contribution >= 4 is 0 Å². The summed E-state index contributed by atoms with van der Waals surface area (Å²) < 4.78 is 0. The van der Waals surface area contributed by atoms with Crippen LogP contribution in [0.4, 0.5) is 0 Å². The first-order valence-corrected chi connectivity index (χ1v) is 6.82. The lowest BCUT2D eigenvalue weighted by Crippen LogP contribution is -2.39. The van der Waals surface area contributed by atoms with E-state index in [4.69, 9.17) is 5.73 Å². The van der Waals surface area contributed by atoms with Crippen LogP contribution in [0.5, 0.6) is 0 Å². The second-order valence-corrected chi connectivity index (χ2v) is 4.82. The van der Waals surface area contributed by atoms with Crippen LogP contribution < -0.4 is 5.73 Å². The number of nitrogens with zero attached hydrogens (tertiary/aromatic N) is 1. The van der Waals surface area contributed by atoms with Gasteiger partial charge in [-0.3, -0.25) is 0 Å². The maximum Gasteiger partial charge on any atom is 0.00951 e. The Balaban J connectivity index is 2.17. The smallest absolute Gasteiger partial charge is 0.00951 e. The van der Waals surface area contributed by atoms with E-state index in [1.54, 1.807) is 0 Å². The Hall–Kier alpha value is -0.0800. The van der Waals surface area contributed by atoms with Crippen molar-refractivity contribution in [3.05, 3.63) is 0 Å². The predicted molar refractivity (Wildman–Crippen MR) is 67.0 cm³/mol. The molecule has 1 aliphatic heterocycles. The van der Waals surface area contributed by atoms with Crippen LogP contribution in [-0.4, -0.2) is 30.6 Å². The van der Waals surface area contributed by atoms with Gasteiger partial charge in [0.15, 0.2) is 0 Å². The molecule has 1 atom stereocenters. The van der Waals surface area contributed by atoms with E-state index in [1.807, 2.05) is 0 Å². The second-order valence-electron chi connectivity index (χ2n) is 4.82. The lowest BCUT2D eigenvalue weighted by atomic mass is 9.98. The Labute approximate surface area is 95.2 Å². The molecule has 1 heterocycles. The average molecular weight is 212 g/mol. The zero-order valence-electron chi connectivity index (χ0n) is 10.4. The molecule has 0 radical (unpaired) electrons. The molecule has 15 heavy (non-hydrogen) atoms. The van der Waals surface area contributed by atoms with Gasteiger partial charge in [0.05, 0.1) is 0 Å². The molecule has 0 aromatic heterocycles. The third-order valence-corrected chi connectivity index (χ3v) is 3.52. The second kappa shape index (κ2) is 8.12. The van der Waals surface area contributed by atoms with Gasteiger partial charge in [-0.25, -0.2) is 0 Å². The van der Waals surface area contributed by atoms with Gasteiger partial charge in [-0.2, -0.15) is 0 Å². The van der Waals surface area contributed by atoms with Gasteiger partial charge in [0.25, 0.3) is 0 Å². The van der Waals surface area contributed by atoms with Gasteiger partial charge in [-0.05, 0) is 51.7 Å². The lowest BCUT2D eigenvalue weighted by Gasteiger charge is -2.35. The van der Waals surface area contributed by atoms with E-state index in [-0.39, 0.29) is 0 Å². The summed E-state index contributed by atoms with van der Waals surface area (Å²) in [6, 6.07) is 0.890. The van der Waals surface area contributed by atoms with Crippen LogP contribution in [-0.2, 0) is 0 Å². The highest BCUT2D eigenvalue weighted by Gasteiger charge is 2.20. The Morgan fingerprint density at radius 1 is 1.20 bits per heavy atom. The first kappa shape index (κ1) is 13.0. The summed E-state index contributed by atoms with van der Waals surface area (Å²) in [5.41, 5.74) is 5.51. The average Bonchev–Trinajstić information content (AvgIpc) is 2.27. The highest BCUT2D eigenvalue weighted by Crippen LogP contribution is 2.21. The van der Waals surface area contributed by atoms with Crippen LogP contribution in [0, 0.1) is 0 Å². The lowest BCUT2D eigenvalue weighted by molar-refractivity contribution is 0.137. The molecule has 1 rings (SSSR count). The molecule has 90 valence electrons. The number of unbranched alkanes of at least 4 members (excludes halogenated alkanes) is 2. The molecule has 1 aliphatic rings. The number of nitrogens with two attached hydrogens (primary N) is 1. The summed E-state index contributed by atoms with van der Waals surface area (Å²) in [4.78, 5) is 2.73. The van der Waals surface area contributed by atoms with Crippen LogP contribution in [0.1, 0.15) is 58.3 Å². The maximum absolute atomic E-state index is 5.51. The highest BCUT2D eigenvalue weighted by molar-refractivity contribution is 4.76. The standard InChI is InChI=1S/C13H28N2/c1-2-8-13-9-4-7-12-15(13)11-6-3-5-10-14/h13H,2-12,14H2,1H3. The minimum atomic E-state index is 0.860. The van der Waals surface area contributed by atoms with Crippen LogP contribution in [0.15, 0.2) is 0 Å². The van der Waals surface area contributed by atoms with Crippen molar-refractivity contribution in [1.82, 2.24) is 4.90 Å². The Bertz CT molecular complexity index is 145. The zero-order valence-corrected chi connectivity index (χ0v) is 10.4. The fourth-order valence-electron chi connectivity index (χ4n) is 2.65. The van der Waals surface area contributed by atoms with Crippen LogP contribution in [0.25, 0.3) is 0 Å². The molecule has 0 aromatic rings. The number of likely N-dealkylation sites (tertiary alicyclic amines) is 1. The van der Waals surface area contributed by atoms with Crippen LogP contribution in [0.3, 0.4) is 0 Å². The van der Waals surface area contributed by atoms with Gasteiger partial charge in [0, 0.05) is 6.04 Å². The van der Waals surface area contributed by atoms with Crippen molar-refractivity contribution in [2.24, 2.45) is 5.73 Å². The van der Waals surface area contributed by atoms with Gasteiger partial charge in [0.2, 0.25) is 0 Å². The van der Waals surface area contributed by atoms with E-state index in [0.717, 1.165) is 12.6 Å². The molecular weight excluding hydrogens is 184 g/mol. The van der Waals surface area contributed by atoms with Crippen molar-refractivity contribution < 1.29 is 0 Å². The third-order valence-electron chi connectivity index (χ3n) is 3.52. The minimum absolute atomic E-state index is 0.860. The van der Waals surface area contributed by atoms with Crippen molar-refractivity contribution in [3.8, 4) is 0 Å². The third kappa shape index (κ3) is 4.98. The van der Waals surface area contributed by atoms with Gasteiger partial charge >= 0.3 is 0 Å². The quantitative estimate of drug-likeness (QED) is 0.658. The Kier molecular flexibility index (Phi) is 7.03. The van der Waals surface area contributed by atoms with Gasteiger partial charge in [0.1, 0.15) is 0 Å². The summed E-state index contributed by atoms with van der Waals surface area (Å²) in [5, 5.41) is 0. The monoisotopic (exact) mass is 212 g/mol. The molecule has 0 bridgehead atoms. The predicted octanol–water partition coefficient (Wildman–Crippen LogP) is 2.77. The Morgan fingerprint density at radius 3 is 2.80 bits per heavy atom. The summed E-state index contributed by atoms with van der Waals surface area (Å²) in [6.45, 7) is 5.82. The van der Waals surface area contributed by atoms with E-state index in [1.165, 1.54) is 64.5 Å². The molecule has 2 heteroatoms. The number of hydrogen-bond donors (Lipinski definition) is 1. The van der Waals surface area contributed by atoms with Crippen molar-refractivity contribution in [2.75, 3.05) is 19.6 Å². The van der Waals surface area contributed by atoms with E-state index in [0.29, 0.717) is 0 Å². The van der Waals surface area contributed by atoms with E-state index >= 15 is 0 Å². The fraction of sp³-hybridized carbons (Fsp3) is 1.00. The number of rotatable bonds is 7. The van der Waals surface area contributed by atoms with Gasteiger partial charge in [-0.15, -0.1) is 0 Å². The summed E-state index contributed by atoms with van der Waals surface area (Å²) >= 11 is 0. The molecular formula is C13H28N2. The molecule has 0 aromatic carbocycles. The first-order valence-electron chi connectivity index (χ1n) is 6.82. The SMILES string of the molecule is CCCC1CCCCN1CCCCCN. The summed E-state index contributed by atoms with van der Waals surface area (Å²) in [6.07, 6.45) is 10.9. The molecule has 1 fully saturated rings. The van der Waals surface area contributed by atoms with E-state index < -0.39 is 0 Å². The van der Waals surface area contributed by atoms with Gasteiger partial charge in [-0.1, -0.05) is 26.2 Å². The molecule has 0 amide bonds. The zero-order chi connectivity index (χ0) is 10.9. The van der Waals surface area contributed by atoms with E-state index in [2.05, 4.69) is 11.8 Å². The molecule has 2 nitrogen and oxygen atoms in total. The molecule has 1 unspecified atom stereocenters. The van der Waals surface area contributed by atoms with Crippen molar-refractivity contribution in [3.63, 3.8) is 0 Å². The number of hydrogen-bond acceptors (Lipinski definition) is 2. The number of piperidine rings is 1. The van der Waals surface area contributed by atoms with E-state index in [9.17, 15) is 0 Å². The minimum Gasteiger partial charge on any atom is -0.330 e. The van der Waals surface area contributed by atoms with Crippen molar-refractivity contribution in [1.29, 1.82) is 0 Å². The molecule has 0 spiro atoms. The molecule has 0 aliphatic carbocycles.